The van der Waals surface area contributed by atoms with Gasteiger partial charge in [0.05, 0.1) is 0 Å². The van der Waals surface area contributed by atoms with Crippen molar-refractivity contribution in [2.24, 2.45) is 4.99 Å². The molecule has 1 atom stereocenters. The molecule has 0 spiro atoms. The average molecular weight is 433 g/mol. The summed E-state index contributed by atoms with van der Waals surface area (Å²) in [4.78, 5) is 9.56. The molecule has 6 heteroatoms. The van der Waals surface area contributed by atoms with Gasteiger partial charge in [0.25, 0.3) is 0 Å². The van der Waals surface area contributed by atoms with Crippen molar-refractivity contribution in [3.8, 4) is 0 Å². The van der Waals surface area contributed by atoms with Gasteiger partial charge in [-0.1, -0.05) is 11.6 Å². The Labute approximate surface area is 158 Å². The van der Waals surface area contributed by atoms with E-state index in [0.29, 0.717) is 6.04 Å². The normalized spacial score (nSPS) is 30.4. The highest BCUT2D eigenvalue weighted by atomic mass is 127. The molecule has 3 saturated heterocycles. The third-order valence-electron chi connectivity index (χ3n) is 5.24. The monoisotopic (exact) mass is 433 g/mol. The summed E-state index contributed by atoms with van der Waals surface area (Å²) in [6.45, 7) is 8.15. The van der Waals surface area contributed by atoms with Crippen molar-refractivity contribution in [1.82, 2.24) is 20.4 Å². The van der Waals surface area contributed by atoms with Crippen LogP contribution in [0.4, 0.5) is 0 Å². The number of nitrogens with one attached hydrogen (secondary N) is 2. The number of halogens is 1. The molecule has 0 radical (unpaired) electrons. The van der Waals surface area contributed by atoms with Crippen LogP contribution in [0.15, 0.2) is 16.6 Å². The van der Waals surface area contributed by atoms with Crippen molar-refractivity contribution in [2.75, 3.05) is 52.9 Å². The van der Waals surface area contributed by atoms with Crippen molar-refractivity contribution in [3.63, 3.8) is 0 Å². The number of rotatable bonds is 5. The van der Waals surface area contributed by atoms with Crippen LogP contribution in [-0.4, -0.2) is 74.7 Å². The first-order valence-corrected chi connectivity index (χ1v) is 8.94. The maximum atomic E-state index is 4.36. The lowest BCUT2D eigenvalue weighted by atomic mass is 9.97. The molecule has 1 aliphatic carbocycles. The van der Waals surface area contributed by atoms with Gasteiger partial charge in [0, 0.05) is 58.9 Å². The van der Waals surface area contributed by atoms with Crippen molar-refractivity contribution < 1.29 is 0 Å². The zero-order valence-corrected chi connectivity index (χ0v) is 16.7. The van der Waals surface area contributed by atoms with Crippen LogP contribution in [0.2, 0.25) is 0 Å². The number of guanidine groups is 1. The summed E-state index contributed by atoms with van der Waals surface area (Å²) < 4.78 is 0. The Morgan fingerprint density at radius 2 is 2.04 bits per heavy atom. The Hall–Kier alpha value is -0.340. The molecule has 4 rings (SSSR count). The van der Waals surface area contributed by atoms with Crippen molar-refractivity contribution in [1.29, 1.82) is 0 Å². The third-order valence-corrected chi connectivity index (χ3v) is 5.24. The lowest BCUT2D eigenvalue weighted by Gasteiger charge is -2.47. The third kappa shape index (κ3) is 5.60. The van der Waals surface area contributed by atoms with Crippen LogP contribution in [0, 0.1) is 0 Å². The van der Waals surface area contributed by atoms with Crippen LogP contribution in [0.3, 0.4) is 0 Å². The van der Waals surface area contributed by atoms with Gasteiger partial charge in [-0.25, -0.2) is 0 Å². The van der Waals surface area contributed by atoms with Crippen molar-refractivity contribution in [2.45, 2.75) is 38.1 Å². The second-order valence-electron chi connectivity index (χ2n) is 6.73. The van der Waals surface area contributed by atoms with Gasteiger partial charge in [0.1, 0.15) is 0 Å². The molecule has 0 amide bonds. The highest BCUT2D eigenvalue weighted by Gasteiger charge is 2.31. The van der Waals surface area contributed by atoms with Gasteiger partial charge in [-0.05, 0) is 32.1 Å². The number of piperazine rings is 3. The summed E-state index contributed by atoms with van der Waals surface area (Å²) in [7, 11) is 1.87. The van der Waals surface area contributed by atoms with E-state index < -0.39 is 0 Å². The van der Waals surface area contributed by atoms with E-state index in [1.165, 1.54) is 58.4 Å². The van der Waals surface area contributed by atoms with Gasteiger partial charge in [0.2, 0.25) is 0 Å². The lowest BCUT2D eigenvalue weighted by molar-refractivity contribution is 0.0154. The van der Waals surface area contributed by atoms with E-state index in [9.17, 15) is 0 Å². The number of aliphatic imine (C=N–C) groups is 1. The van der Waals surface area contributed by atoms with Gasteiger partial charge < -0.3 is 10.6 Å². The zero-order valence-electron chi connectivity index (χ0n) is 14.4. The molecule has 3 heterocycles. The molecule has 4 aliphatic rings. The Balaban J connectivity index is 0.00000192. The van der Waals surface area contributed by atoms with Crippen LogP contribution in [0.5, 0.6) is 0 Å². The predicted molar refractivity (Wildman–Crippen MR) is 108 cm³/mol. The van der Waals surface area contributed by atoms with Crippen molar-refractivity contribution >= 4 is 29.9 Å². The fourth-order valence-corrected chi connectivity index (χ4v) is 3.83. The topological polar surface area (TPSA) is 42.9 Å². The first-order chi connectivity index (χ1) is 10.8. The summed E-state index contributed by atoms with van der Waals surface area (Å²) >= 11 is 0. The van der Waals surface area contributed by atoms with Crippen LogP contribution in [-0.2, 0) is 0 Å². The standard InChI is InChI=1S/C17H31N5.HI/c1-18-17(19-8-7-15-5-3-2-4-6-15)20-13-16-14-21-9-11-22(16)12-10-21;/h5,16H,2-4,6-14H2,1H3,(H2,18,19,20);1H. The molecular formula is C17H32IN5. The molecule has 5 nitrogen and oxygen atoms in total. The summed E-state index contributed by atoms with van der Waals surface area (Å²) in [5.41, 5.74) is 1.62. The van der Waals surface area contributed by atoms with Crippen LogP contribution in [0.25, 0.3) is 0 Å². The molecule has 2 N–H and O–H groups in total. The van der Waals surface area contributed by atoms with Gasteiger partial charge in [-0.15, -0.1) is 24.0 Å². The lowest BCUT2D eigenvalue weighted by Crippen LogP contribution is -2.63. The molecule has 2 bridgehead atoms. The van der Waals surface area contributed by atoms with Crippen LogP contribution < -0.4 is 10.6 Å². The minimum atomic E-state index is 0. The largest absolute Gasteiger partial charge is 0.356 e. The van der Waals surface area contributed by atoms with E-state index >= 15 is 0 Å². The van der Waals surface area contributed by atoms with Crippen LogP contribution >= 0.6 is 24.0 Å². The fraction of sp³-hybridized carbons (Fsp3) is 0.824. The first kappa shape index (κ1) is 19.0. The zero-order chi connectivity index (χ0) is 15.2. The number of allylic oxidation sites excluding steroid dienone is 1. The Kier molecular flexibility index (Phi) is 8.12. The number of fused-ring (bicyclic) bond motifs is 3. The maximum absolute atomic E-state index is 4.36. The van der Waals surface area contributed by atoms with E-state index in [2.05, 4.69) is 31.5 Å². The molecule has 3 aliphatic heterocycles. The smallest absolute Gasteiger partial charge is 0.191 e. The van der Waals surface area contributed by atoms with Crippen molar-refractivity contribution in [3.05, 3.63) is 11.6 Å². The van der Waals surface area contributed by atoms with E-state index in [-0.39, 0.29) is 24.0 Å². The predicted octanol–water partition coefficient (Wildman–Crippen LogP) is 1.66. The SMILES string of the molecule is CN=C(NCCC1=CCCCC1)NCC1CN2CCN1CC2.I. The quantitative estimate of drug-likeness (QED) is 0.300. The first-order valence-electron chi connectivity index (χ1n) is 8.94. The van der Waals surface area contributed by atoms with Crippen LogP contribution in [0.1, 0.15) is 32.1 Å². The molecular weight excluding hydrogens is 401 g/mol. The molecule has 0 saturated carbocycles. The summed E-state index contributed by atoms with van der Waals surface area (Å²) in [5, 5.41) is 6.98. The van der Waals surface area contributed by atoms with Gasteiger partial charge in [0.15, 0.2) is 5.96 Å². The summed E-state index contributed by atoms with van der Waals surface area (Å²) in [6, 6.07) is 0.641. The minimum absolute atomic E-state index is 0. The highest BCUT2D eigenvalue weighted by Crippen LogP contribution is 2.19. The molecule has 3 fully saturated rings. The highest BCUT2D eigenvalue weighted by molar-refractivity contribution is 14.0. The van der Waals surface area contributed by atoms with E-state index in [1.54, 1.807) is 5.57 Å². The Bertz CT molecular complexity index is 415. The molecule has 1 unspecified atom stereocenters. The molecule has 132 valence electrons. The number of hydrogen-bond donors (Lipinski definition) is 2. The van der Waals surface area contributed by atoms with Gasteiger partial charge >= 0.3 is 0 Å². The average Bonchev–Trinajstić information content (AvgIpc) is 2.60. The molecule has 0 aromatic carbocycles. The second kappa shape index (κ2) is 9.84. The molecule has 0 aromatic rings. The van der Waals surface area contributed by atoms with Gasteiger partial charge in [-0.3, -0.25) is 14.8 Å². The van der Waals surface area contributed by atoms with E-state index in [4.69, 9.17) is 0 Å². The Morgan fingerprint density at radius 1 is 1.22 bits per heavy atom. The number of nitrogens with zero attached hydrogens (tertiary/aromatic N) is 3. The molecule has 23 heavy (non-hydrogen) atoms. The Morgan fingerprint density at radius 3 is 2.65 bits per heavy atom. The van der Waals surface area contributed by atoms with Gasteiger partial charge in [-0.2, -0.15) is 0 Å². The maximum Gasteiger partial charge on any atom is 0.191 e. The molecule has 0 aromatic heterocycles. The minimum Gasteiger partial charge on any atom is -0.356 e. The summed E-state index contributed by atoms with van der Waals surface area (Å²) in [6.07, 6.45) is 8.89. The van der Waals surface area contributed by atoms with E-state index in [0.717, 1.165) is 25.5 Å². The second-order valence-corrected chi connectivity index (χ2v) is 6.73. The number of hydrogen-bond acceptors (Lipinski definition) is 3. The fourth-order valence-electron chi connectivity index (χ4n) is 3.83. The van der Waals surface area contributed by atoms with E-state index in [1.807, 2.05) is 7.05 Å². The summed E-state index contributed by atoms with van der Waals surface area (Å²) in [5.74, 6) is 0.953.